The first kappa shape index (κ1) is 37.0. The average molecular weight is 666 g/mol. The Morgan fingerprint density at radius 2 is 1.85 bits per heavy atom. The van der Waals surface area contributed by atoms with Gasteiger partial charge in [0.15, 0.2) is 0 Å². The molecule has 2 aliphatic rings. The number of likely N-dealkylation sites (N-methyl/N-ethyl adjacent to an activating group) is 1. The van der Waals surface area contributed by atoms with Crippen molar-refractivity contribution in [1.29, 1.82) is 0 Å². The summed E-state index contributed by atoms with van der Waals surface area (Å²) in [6.45, 7) is 7.70. The Labute approximate surface area is 284 Å². The zero-order valence-corrected chi connectivity index (χ0v) is 28.6. The predicted octanol–water partition coefficient (Wildman–Crippen LogP) is 5.26. The molecule has 2 heterocycles. The number of nitrogens with zero attached hydrogens (tertiary/aromatic N) is 1. The van der Waals surface area contributed by atoms with Gasteiger partial charge in [0, 0.05) is 55.2 Å². The number of carbonyl (C=O) groups excluding carboxylic acids is 4. The highest BCUT2D eigenvalue weighted by Crippen LogP contribution is 2.41. The van der Waals surface area contributed by atoms with E-state index in [2.05, 4.69) is 30.5 Å². The largest absolute Gasteiger partial charge is 0.494 e. The fraction of sp³-hybridized carbons (Fsp3) is 0.568. The van der Waals surface area contributed by atoms with Gasteiger partial charge in [-0.05, 0) is 81.7 Å². The third kappa shape index (κ3) is 10.9. The molecule has 0 radical (unpaired) electrons. The van der Waals surface area contributed by atoms with E-state index in [1.54, 1.807) is 30.1 Å². The van der Waals surface area contributed by atoms with E-state index < -0.39 is 6.04 Å². The Morgan fingerprint density at radius 1 is 1.06 bits per heavy atom. The first-order chi connectivity index (χ1) is 23.3. The first-order valence-electron chi connectivity index (χ1n) is 17.3. The van der Waals surface area contributed by atoms with E-state index in [-0.39, 0.29) is 37.3 Å². The summed E-state index contributed by atoms with van der Waals surface area (Å²) in [5.41, 5.74) is 2.76. The number of nitrogens with one attached hydrogen (secondary N) is 2. The molecule has 2 N–H and O–H groups in total. The van der Waals surface area contributed by atoms with Crippen LogP contribution in [0, 0.1) is 5.92 Å². The van der Waals surface area contributed by atoms with Crippen LogP contribution < -0.4 is 20.1 Å². The number of hydrogen-bond acceptors (Lipinski definition) is 9. The van der Waals surface area contributed by atoms with Crippen molar-refractivity contribution in [3.05, 3.63) is 53.1 Å². The Morgan fingerprint density at radius 3 is 2.65 bits per heavy atom. The second-order valence-corrected chi connectivity index (χ2v) is 12.7. The number of unbranched alkanes of at least 4 members (excludes halogenated alkanes) is 2. The van der Waals surface area contributed by atoms with Crippen molar-refractivity contribution in [3.8, 4) is 11.5 Å². The van der Waals surface area contributed by atoms with Crippen molar-refractivity contribution in [2.24, 2.45) is 5.92 Å². The molecule has 3 atom stereocenters. The van der Waals surface area contributed by atoms with E-state index in [1.165, 1.54) is 5.56 Å². The van der Waals surface area contributed by atoms with Crippen LogP contribution in [0.15, 0.2) is 36.4 Å². The van der Waals surface area contributed by atoms with E-state index in [0.29, 0.717) is 67.9 Å². The standard InChI is InChI=1S/C37H51N3O8/c1-4-26(2)29-16-21-48-34-14-12-28(22-30(29)34)47-20-7-5-6-17-45-18-9-19-46-25-36(43)38-32-11-8-10-27(24-41)31(32)23-40(3)33-13-15-35(42)39-37(33)44/h8,10-12,14,22,24,26,29,33H,4-7,9,13,15-21,23,25H2,1-3H3,(H,38,43)(H,39,42,44). The van der Waals surface area contributed by atoms with Gasteiger partial charge in [0.05, 0.1) is 19.3 Å². The maximum absolute atomic E-state index is 12.6. The van der Waals surface area contributed by atoms with E-state index >= 15 is 0 Å². The summed E-state index contributed by atoms with van der Waals surface area (Å²) in [5.74, 6) is 2.05. The molecule has 2 aromatic carbocycles. The minimum Gasteiger partial charge on any atom is -0.494 e. The zero-order valence-electron chi connectivity index (χ0n) is 28.6. The molecule has 2 aromatic rings. The number of benzene rings is 2. The van der Waals surface area contributed by atoms with Crippen LogP contribution in [0.4, 0.5) is 5.69 Å². The van der Waals surface area contributed by atoms with Crippen molar-refractivity contribution >= 4 is 29.7 Å². The van der Waals surface area contributed by atoms with Gasteiger partial charge < -0.3 is 24.3 Å². The van der Waals surface area contributed by atoms with Gasteiger partial charge in [-0.3, -0.25) is 29.4 Å². The zero-order chi connectivity index (χ0) is 34.3. The van der Waals surface area contributed by atoms with Crippen LogP contribution in [0.2, 0.25) is 0 Å². The Bertz CT molecular complexity index is 1380. The number of hydrogen-bond donors (Lipinski definition) is 2. The van der Waals surface area contributed by atoms with E-state index in [1.807, 2.05) is 12.1 Å². The van der Waals surface area contributed by atoms with Gasteiger partial charge in [-0.2, -0.15) is 0 Å². The van der Waals surface area contributed by atoms with Gasteiger partial charge in [-0.1, -0.05) is 32.4 Å². The maximum atomic E-state index is 12.6. The van der Waals surface area contributed by atoms with E-state index in [0.717, 1.165) is 56.5 Å². The number of anilines is 1. The Balaban J connectivity index is 1.06. The lowest BCUT2D eigenvalue weighted by molar-refractivity contribution is -0.137. The highest BCUT2D eigenvalue weighted by Gasteiger charge is 2.30. The van der Waals surface area contributed by atoms with Crippen LogP contribution in [0.5, 0.6) is 11.5 Å². The fourth-order valence-corrected chi connectivity index (χ4v) is 6.22. The molecular weight excluding hydrogens is 614 g/mol. The molecule has 1 saturated heterocycles. The van der Waals surface area contributed by atoms with E-state index in [9.17, 15) is 19.2 Å². The van der Waals surface area contributed by atoms with Crippen LogP contribution >= 0.6 is 0 Å². The van der Waals surface area contributed by atoms with Crippen LogP contribution in [0.25, 0.3) is 0 Å². The summed E-state index contributed by atoms with van der Waals surface area (Å²) in [6, 6.07) is 10.8. The molecule has 11 heteroatoms. The first-order valence-corrected chi connectivity index (χ1v) is 17.3. The number of carbonyl (C=O) groups is 4. The second kappa shape index (κ2) is 19.3. The Hall–Kier alpha value is -3.80. The normalized spacial score (nSPS) is 18.1. The maximum Gasteiger partial charge on any atom is 0.250 e. The van der Waals surface area contributed by atoms with Crippen molar-refractivity contribution in [2.45, 2.75) is 83.7 Å². The molecule has 0 spiro atoms. The Kier molecular flexibility index (Phi) is 14.9. The molecule has 3 unspecified atom stereocenters. The third-order valence-electron chi connectivity index (χ3n) is 9.17. The van der Waals surface area contributed by atoms with E-state index in [4.69, 9.17) is 18.9 Å². The molecule has 2 aliphatic heterocycles. The van der Waals surface area contributed by atoms with Crippen molar-refractivity contribution < 1.29 is 38.1 Å². The summed E-state index contributed by atoms with van der Waals surface area (Å²) >= 11 is 0. The minimum atomic E-state index is -0.505. The minimum absolute atomic E-state index is 0.136. The molecule has 3 amide bonds. The van der Waals surface area contributed by atoms with Crippen LogP contribution in [0.1, 0.15) is 92.6 Å². The monoisotopic (exact) mass is 665 g/mol. The molecule has 0 aromatic heterocycles. The fourth-order valence-electron chi connectivity index (χ4n) is 6.22. The molecule has 0 aliphatic carbocycles. The van der Waals surface area contributed by atoms with Gasteiger partial charge in [-0.15, -0.1) is 0 Å². The lowest BCUT2D eigenvalue weighted by atomic mass is 9.82. The van der Waals surface area contributed by atoms with Gasteiger partial charge in [0.1, 0.15) is 24.4 Å². The number of imide groups is 1. The number of fused-ring (bicyclic) bond motifs is 1. The molecule has 4 rings (SSSR count). The number of amides is 3. The summed E-state index contributed by atoms with van der Waals surface area (Å²) in [7, 11) is 1.75. The number of rotatable bonds is 20. The number of piperidine rings is 1. The highest BCUT2D eigenvalue weighted by atomic mass is 16.5. The average Bonchev–Trinajstić information content (AvgIpc) is 3.08. The van der Waals surface area contributed by atoms with Crippen molar-refractivity contribution in [1.82, 2.24) is 10.2 Å². The molecule has 48 heavy (non-hydrogen) atoms. The smallest absolute Gasteiger partial charge is 0.250 e. The van der Waals surface area contributed by atoms with Gasteiger partial charge in [-0.25, -0.2) is 0 Å². The number of ether oxygens (including phenoxy) is 4. The van der Waals surface area contributed by atoms with Crippen molar-refractivity contribution in [2.75, 3.05) is 52.0 Å². The SMILES string of the molecule is CCC(C)C1CCOc2ccc(OCCCCCOCCCOCC(=O)Nc3cccc(C=O)c3CN(C)C3CCC(=O)NC3=O)cc21. The summed E-state index contributed by atoms with van der Waals surface area (Å²) in [6.07, 6.45) is 7.15. The van der Waals surface area contributed by atoms with Crippen molar-refractivity contribution in [3.63, 3.8) is 0 Å². The van der Waals surface area contributed by atoms with Gasteiger partial charge in [0.2, 0.25) is 17.7 Å². The molecule has 0 saturated carbocycles. The summed E-state index contributed by atoms with van der Waals surface area (Å²) in [5, 5.41) is 5.18. The van der Waals surface area contributed by atoms with Crippen LogP contribution in [-0.4, -0.2) is 81.6 Å². The molecule has 11 nitrogen and oxygen atoms in total. The van der Waals surface area contributed by atoms with Gasteiger partial charge >= 0.3 is 0 Å². The summed E-state index contributed by atoms with van der Waals surface area (Å²) < 4.78 is 23.2. The highest BCUT2D eigenvalue weighted by molar-refractivity contribution is 6.00. The molecule has 1 fully saturated rings. The number of aldehydes is 1. The quantitative estimate of drug-likeness (QED) is 0.110. The summed E-state index contributed by atoms with van der Waals surface area (Å²) in [4.78, 5) is 50.0. The lowest BCUT2D eigenvalue weighted by Gasteiger charge is -2.30. The second-order valence-electron chi connectivity index (χ2n) is 12.7. The predicted molar refractivity (Wildman–Crippen MR) is 182 cm³/mol. The van der Waals surface area contributed by atoms with Crippen LogP contribution in [0.3, 0.4) is 0 Å². The van der Waals surface area contributed by atoms with Gasteiger partial charge in [0.25, 0.3) is 0 Å². The molecular formula is C37H51N3O8. The topological polar surface area (TPSA) is 132 Å². The third-order valence-corrected chi connectivity index (χ3v) is 9.17. The molecule has 262 valence electrons. The molecule has 0 bridgehead atoms. The van der Waals surface area contributed by atoms with Crippen LogP contribution in [-0.2, 0) is 30.4 Å². The lowest BCUT2D eigenvalue weighted by Crippen LogP contribution is -2.51.